The fourth-order valence-corrected chi connectivity index (χ4v) is 3.39. The van der Waals surface area contributed by atoms with Gasteiger partial charge >= 0.3 is 6.03 Å². The highest BCUT2D eigenvalue weighted by molar-refractivity contribution is 7.09. The summed E-state index contributed by atoms with van der Waals surface area (Å²) in [5, 5.41) is 8.55. The third-order valence-electron chi connectivity index (χ3n) is 3.85. The lowest BCUT2D eigenvalue weighted by Crippen LogP contribution is -2.38. The molecule has 2 N–H and O–H groups in total. The molecule has 0 saturated heterocycles. The van der Waals surface area contributed by atoms with E-state index in [2.05, 4.69) is 15.6 Å². The first-order valence-corrected chi connectivity index (χ1v) is 8.84. The van der Waals surface area contributed by atoms with Gasteiger partial charge in [-0.05, 0) is 38.0 Å². The van der Waals surface area contributed by atoms with Crippen molar-refractivity contribution in [3.05, 3.63) is 39.8 Å². The highest BCUT2D eigenvalue weighted by Gasteiger charge is 2.24. The SMILES string of the molecule is CCNC(=O)N1CCc2ccc(NC(=O)Cc3csc(C)n3)cc21. The average Bonchev–Trinajstić information content (AvgIpc) is 3.13. The summed E-state index contributed by atoms with van der Waals surface area (Å²) >= 11 is 1.53. The fraction of sp³-hybridized carbons (Fsp3) is 0.353. The molecule has 2 heterocycles. The lowest BCUT2D eigenvalue weighted by molar-refractivity contribution is -0.115. The van der Waals surface area contributed by atoms with Crippen molar-refractivity contribution in [1.82, 2.24) is 10.3 Å². The summed E-state index contributed by atoms with van der Waals surface area (Å²) in [6, 6.07) is 5.61. The number of fused-ring (bicyclic) bond motifs is 1. The number of aryl methyl sites for hydroxylation is 1. The Morgan fingerprint density at radius 2 is 2.21 bits per heavy atom. The zero-order chi connectivity index (χ0) is 17.1. The molecular formula is C17H20N4O2S. The largest absolute Gasteiger partial charge is 0.338 e. The Balaban J connectivity index is 1.70. The molecule has 0 fully saturated rings. The smallest absolute Gasteiger partial charge is 0.321 e. The van der Waals surface area contributed by atoms with Crippen LogP contribution < -0.4 is 15.5 Å². The van der Waals surface area contributed by atoms with E-state index in [-0.39, 0.29) is 18.4 Å². The van der Waals surface area contributed by atoms with Crippen LogP contribution in [0.4, 0.5) is 16.2 Å². The Bertz CT molecular complexity index is 772. The summed E-state index contributed by atoms with van der Waals surface area (Å²) in [6.07, 6.45) is 1.08. The van der Waals surface area contributed by atoms with Crippen LogP contribution in [0.25, 0.3) is 0 Å². The molecule has 6 nitrogen and oxygen atoms in total. The summed E-state index contributed by atoms with van der Waals surface area (Å²) in [6.45, 7) is 5.07. The Morgan fingerprint density at radius 1 is 1.38 bits per heavy atom. The molecule has 0 bridgehead atoms. The molecular weight excluding hydrogens is 324 g/mol. The minimum atomic E-state index is -0.109. The van der Waals surface area contributed by atoms with Crippen molar-refractivity contribution in [2.45, 2.75) is 26.7 Å². The quantitative estimate of drug-likeness (QED) is 0.895. The van der Waals surface area contributed by atoms with Crippen LogP contribution in [0.5, 0.6) is 0 Å². The van der Waals surface area contributed by atoms with E-state index in [1.54, 1.807) is 4.90 Å². The molecule has 24 heavy (non-hydrogen) atoms. The van der Waals surface area contributed by atoms with Crippen molar-refractivity contribution in [3.8, 4) is 0 Å². The number of hydrogen-bond acceptors (Lipinski definition) is 4. The van der Waals surface area contributed by atoms with E-state index in [0.717, 1.165) is 28.4 Å². The van der Waals surface area contributed by atoms with Gasteiger partial charge in [0.1, 0.15) is 0 Å². The molecule has 0 saturated carbocycles. The van der Waals surface area contributed by atoms with Crippen LogP contribution in [0.3, 0.4) is 0 Å². The van der Waals surface area contributed by atoms with E-state index in [4.69, 9.17) is 0 Å². The van der Waals surface area contributed by atoms with Gasteiger partial charge in [0, 0.05) is 24.2 Å². The molecule has 3 amide bonds. The van der Waals surface area contributed by atoms with Crippen LogP contribution >= 0.6 is 11.3 Å². The number of amides is 3. The fourth-order valence-electron chi connectivity index (χ4n) is 2.77. The van der Waals surface area contributed by atoms with Crippen LogP contribution in [0, 0.1) is 6.92 Å². The van der Waals surface area contributed by atoms with E-state index in [1.165, 1.54) is 11.3 Å². The maximum Gasteiger partial charge on any atom is 0.321 e. The highest BCUT2D eigenvalue weighted by Crippen LogP contribution is 2.31. The number of rotatable bonds is 4. The summed E-state index contributed by atoms with van der Waals surface area (Å²) < 4.78 is 0. The number of aromatic nitrogens is 1. The maximum absolute atomic E-state index is 12.2. The monoisotopic (exact) mass is 344 g/mol. The number of anilines is 2. The van der Waals surface area contributed by atoms with Gasteiger partial charge in [-0.1, -0.05) is 6.07 Å². The average molecular weight is 344 g/mol. The standard InChI is InChI=1S/C17H20N4O2S/c1-3-18-17(23)21-7-6-12-4-5-13(8-15(12)21)20-16(22)9-14-10-24-11(2)19-14/h4-5,8,10H,3,6-7,9H2,1-2H3,(H,18,23)(H,20,22). The van der Waals surface area contributed by atoms with Crippen molar-refractivity contribution in [2.75, 3.05) is 23.3 Å². The highest BCUT2D eigenvalue weighted by atomic mass is 32.1. The molecule has 3 rings (SSSR count). The minimum absolute atomic E-state index is 0.0994. The molecule has 126 valence electrons. The maximum atomic E-state index is 12.2. The van der Waals surface area contributed by atoms with Gasteiger partial charge < -0.3 is 10.6 Å². The van der Waals surface area contributed by atoms with Gasteiger partial charge in [-0.3, -0.25) is 9.69 Å². The summed E-state index contributed by atoms with van der Waals surface area (Å²) in [7, 11) is 0. The van der Waals surface area contributed by atoms with E-state index in [1.807, 2.05) is 37.4 Å². The number of carbonyl (C=O) groups excluding carboxylic acids is 2. The predicted octanol–water partition coefficient (Wildman–Crippen LogP) is 2.72. The molecule has 1 aromatic heterocycles. The van der Waals surface area contributed by atoms with Gasteiger partial charge in [0.15, 0.2) is 0 Å². The van der Waals surface area contributed by atoms with E-state index in [9.17, 15) is 9.59 Å². The molecule has 1 aliphatic rings. The second-order valence-electron chi connectivity index (χ2n) is 5.66. The first-order chi connectivity index (χ1) is 11.6. The van der Waals surface area contributed by atoms with Crippen molar-refractivity contribution in [2.24, 2.45) is 0 Å². The lowest BCUT2D eigenvalue weighted by Gasteiger charge is -2.18. The molecule has 2 aromatic rings. The van der Waals surface area contributed by atoms with Crippen molar-refractivity contribution in [3.63, 3.8) is 0 Å². The molecule has 0 atom stereocenters. The van der Waals surface area contributed by atoms with Gasteiger partial charge in [0.25, 0.3) is 0 Å². The molecule has 0 radical (unpaired) electrons. The molecule has 7 heteroatoms. The normalized spacial score (nSPS) is 12.8. The Morgan fingerprint density at radius 3 is 2.92 bits per heavy atom. The summed E-state index contributed by atoms with van der Waals surface area (Å²) in [5.41, 5.74) is 3.46. The molecule has 0 unspecified atom stereocenters. The second kappa shape index (κ2) is 7.00. The van der Waals surface area contributed by atoms with Gasteiger partial charge in [-0.15, -0.1) is 11.3 Å². The van der Waals surface area contributed by atoms with E-state index < -0.39 is 0 Å². The number of urea groups is 1. The second-order valence-corrected chi connectivity index (χ2v) is 6.73. The molecule has 0 aliphatic carbocycles. The van der Waals surface area contributed by atoms with Crippen LogP contribution in [-0.2, 0) is 17.6 Å². The third-order valence-corrected chi connectivity index (χ3v) is 4.67. The number of nitrogens with one attached hydrogen (secondary N) is 2. The molecule has 1 aliphatic heterocycles. The van der Waals surface area contributed by atoms with Crippen LogP contribution in [0.15, 0.2) is 23.6 Å². The minimum Gasteiger partial charge on any atom is -0.338 e. The van der Waals surface area contributed by atoms with Crippen molar-refractivity contribution < 1.29 is 9.59 Å². The molecule has 0 spiro atoms. The van der Waals surface area contributed by atoms with Gasteiger partial charge in [-0.2, -0.15) is 0 Å². The Labute approximate surface area is 144 Å². The van der Waals surface area contributed by atoms with Crippen molar-refractivity contribution >= 4 is 34.6 Å². The molecule has 1 aromatic carbocycles. The van der Waals surface area contributed by atoms with Crippen molar-refractivity contribution in [1.29, 1.82) is 0 Å². The van der Waals surface area contributed by atoms with Gasteiger partial charge in [0.2, 0.25) is 5.91 Å². The van der Waals surface area contributed by atoms with E-state index >= 15 is 0 Å². The number of hydrogen-bond donors (Lipinski definition) is 2. The van der Waals surface area contributed by atoms with Gasteiger partial charge in [-0.25, -0.2) is 9.78 Å². The first-order valence-electron chi connectivity index (χ1n) is 7.96. The van der Waals surface area contributed by atoms with Gasteiger partial charge in [0.05, 0.1) is 22.8 Å². The number of thiazole rings is 1. The number of nitrogens with zero attached hydrogens (tertiary/aromatic N) is 2. The third kappa shape index (κ3) is 3.56. The zero-order valence-corrected chi connectivity index (χ0v) is 14.6. The Kier molecular flexibility index (Phi) is 4.80. The number of benzene rings is 1. The Hall–Kier alpha value is -2.41. The summed E-state index contributed by atoms with van der Waals surface area (Å²) in [4.78, 5) is 30.3. The number of carbonyl (C=O) groups is 2. The van der Waals surface area contributed by atoms with Crippen LogP contribution in [0.1, 0.15) is 23.2 Å². The van der Waals surface area contributed by atoms with Crippen LogP contribution in [0.2, 0.25) is 0 Å². The predicted molar refractivity (Wildman–Crippen MR) is 95.7 cm³/mol. The topological polar surface area (TPSA) is 74.3 Å². The van der Waals surface area contributed by atoms with Crippen LogP contribution in [-0.4, -0.2) is 30.0 Å². The lowest BCUT2D eigenvalue weighted by atomic mass is 10.1. The zero-order valence-electron chi connectivity index (χ0n) is 13.8. The summed E-state index contributed by atoms with van der Waals surface area (Å²) in [5.74, 6) is -0.109. The first kappa shape index (κ1) is 16.4. The van der Waals surface area contributed by atoms with E-state index in [0.29, 0.717) is 18.8 Å².